The smallest absolute Gasteiger partial charge is 0.326 e. The molecule has 2 saturated heterocycles. The molecule has 2 aliphatic heterocycles. The fraction of sp³-hybridized carbons (Fsp3) is 0.636. The van der Waals surface area contributed by atoms with E-state index in [-0.39, 0.29) is 17.9 Å². The lowest BCUT2D eigenvalue weighted by molar-refractivity contribution is -0.135. The lowest BCUT2D eigenvalue weighted by atomic mass is 9.73. The maximum Gasteiger partial charge on any atom is 0.326 e. The van der Waals surface area contributed by atoms with Crippen molar-refractivity contribution in [3.05, 3.63) is 29.8 Å². The van der Waals surface area contributed by atoms with Crippen LogP contribution in [0.3, 0.4) is 0 Å². The third kappa shape index (κ3) is 3.39. The van der Waals surface area contributed by atoms with E-state index in [1.807, 2.05) is 7.05 Å². The Bertz CT molecular complexity index is 746. The van der Waals surface area contributed by atoms with Crippen molar-refractivity contribution in [2.75, 3.05) is 31.7 Å². The zero-order chi connectivity index (χ0) is 19.7. The normalized spacial score (nSPS) is 27.9. The van der Waals surface area contributed by atoms with Crippen LogP contribution in [0.1, 0.15) is 51.0 Å². The highest BCUT2D eigenvalue weighted by molar-refractivity contribution is 6.07. The van der Waals surface area contributed by atoms with Gasteiger partial charge in [-0.3, -0.25) is 9.69 Å². The Hall–Kier alpha value is -2.08. The summed E-state index contributed by atoms with van der Waals surface area (Å²) in [6.45, 7) is 5.35. The summed E-state index contributed by atoms with van der Waals surface area (Å²) in [6, 6.07) is 8.25. The molecule has 0 radical (unpaired) electrons. The van der Waals surface area contributed by atoms with Gasteiger partial charge in [0.15, 0.2) is 0 Å². The van der Waals surface area contributed by atoms with E-state index in [4.69, 9.17) is 0 Å². The number of imide groups is 1. The van der Waals surface area contributed by atoms with Gasteiger partial charge in [-0.05, 0) is 50.3 Å². The minimum absolute atomic E-state index is 0.0376. The van der Waals surface area contributed by atoms with E-state index in [0.717, 1.165) is 38.8 Å². The van der Waals surface area contributed by atoms with Crippen LogP contribution in [0.4, 0.5) is 10.5 Å². The van der Waals surface area contributed by atoms with Crippen LogP contribution in [-0.4, -0.2) is 54.1 Å². The summed E-state index contributed by atoms with van der Waals surface area (Å²) in [7, 11) is 1.98. The van der Waals surface area contributed by atoms with Gasteiger partial charge >= 0.3 is 6.03 Å². The second-order valence-electron chi connectivity index (χ2n) is 8.76. The molecule has 1 saturated carbocycles. The maximum atomic E-state index is 13.2. The first kappa shape index (κ1) is 19.2. The van der Waals surface area contributed by atoms with E-state index in [1.165, 1.54) is 29.0 Å². The summed E-state index contributed by atoms with van der Waals surface area (Å²) in [4.78, 5) is 31.7. The van der Waals surface area contributed by atoms with Crippen LogP contribution in [0, 0.1) is 5.92 Å². The Morgan fingerprint density at radius 3 is 2.64 bits per heavy atom. The molecule has 1 N–H and O–H groups in total. The fourth-order valence-corrected chi connectivity index (χ4v) is 5.12. The highest BCUT2D eigenvalue weighted by Gasteiger charge is 2.54. The molecule has 1 aromatic rings. The number of rotatable bonds is 5. The number of para-hydroxylation sites is 1. The molecule has 3 aliphatic rings. The molecular formula is C22H32N4O2. The van der Waals surface area contributed by atoms with E-state index in [1.54, 1.807) is 0 Å². The van der Waals surface area contributed by atoms with Crippen molar-refractivity contribution in [1.82, 2.24) is 15.1 Å². The van der Waals surface area contributed by atoms with E-state index in [9.17, 15) is 9.59 Å². The summed E-state index contributed by atoms with van der Waals surface area (Å²) in [5.74, 6) is 0.160. The maximum absolute atomic E-state index is 13.2. The van der Waals surface area contributed by atoms with Gasteiger partial charge < -0.3 is 10.2 Å². The quantitative estimate of drug-likeness (QED) is 0.792. The predicted octanol–water partition coefficient (Wildman–Crippen LogP) is 3.18. The molecule has 2 atom stereocenters. The van der Waals surface area contributed by atoms with Gasteiger partial charge in [-0.15, -0.1) is 0 Å². The van der Waals surface area contributed by atoms with Crippen LogP contribution >= 0.6 is 0 Å². The fourth-order valence-electron chi connectivity index (χ4n) is 5.12. The van der Waals surface area contributed by atoms with Crippen LogP contribution in [0.15, 0.2) is 24.3 Å². The molecule has 0 aromatic heterocycles. The lowest BCUT2D eigenvalue weighted by Crippen LogP contribution is -2.54. The second-order valence-corrected chi connectivity index (χ2v) is 8.76. The summed E-state index contributed by atoms with van der Waals surface area (Å²) in [5.41, 5.74) is 1.85. The van der Waals surface area contributed by atoms with Crippen molar-refractivity contribution in [3.63, 3.8) is 0 Å². The van der Waals surface area contributed by atoms with Gasteiger partial charge in [0.2, 0.25) is 0 Å². The minimum Gasteiger partial charge on any atom is -0.371 e. The van der Waals surface area contributed by atoms with Gasteiger partial charge in [0.05, 0.1) is 6.67 Å². The van der Waals surface area contributed by atoms with E-state index < -0.39 is 5.54 Å². The predicted molar refractivity (Wildman–Crippen MR) is 110 cm³/mol. The van der Waals surface area contributed by atoms with E-state index in [0.29, 0.717) is 13.2 Å². The first-order valence-electron chi connectivity index (χ1n) is 10.7. The van der Waals surface area contributed by atoms with Crippen molar-refractivity contribution in [3.8, 4) is 0 Å². The number of benzene rings is 1. The molecule has 3 amide bonds. The van der Waals surface area contributed by atoms with Crippen molar-refractivity contribution < 1.29 is 9.59 Å². The number of anilines is 1. The Kier molecular flexibility index (Phi) is 5.32. The van der Waals surface area contributed by atoms with Crippen LogP contribution in [0.5, 0.6) is 0 Å². The summed E-state index contributed by atoms with van der Waals surface area (Å²) in [6.07, 6.45) is 6.39. The van der Waals surface area contributed by atoms with Gasteiger partial charge in [-0.25, -0.2) is 9.69 Å². The van der Waals surface area contributed by atoms with Crippen LogP contribution < -0.4 is 10.2 Å². The Morgan fingerprint density at radius 1 is 1.14 bits per heavy atom. The second kappa shape index (κ2) is 7.74. The molecule has 0 bridgehead atoms. The molecule has 1 aliphatic carbocycles. The number of carbonyl (C=O) groups excluding carboxylic acids is 2. The number of hydrogen-bond acceptors (Lipinski definition) is 4. The van der Waals surface area contributed by atoms with Crippen molar-refractivity contribution in [2.24, 2.45) is 5.92 Å². The van der Waals surface area contributed by atoms with Gasteiger partial charge in [0.25, 0.3) is 5.91 Å². The molecular weight excluding hydrogens is 352 g/mol. The van der Waals surface area contributed by atoms with Crippen LogP contribution in [0.2, 0.25) is 0 Å². The van der Waals surface area contributed by atoms with Gasteiger partial charge in [0.1, 0.15) is 5.54 Å². The monoisotopic (exact) mass is 384 g/mol. The summed E-state index contributed by atoms with van der Waals surface area (Å²) >= 11 is 0. The van der Waals surface area contributed by atoms with E-state index in [2.05, 4.69) is 46.3 Å². The molecule has 1 aromatic carbocycles. The van der Waals surface area contributed by atoms with Gasteiger partial charge in [-0.2, -0.15) is 0 Å². The SMILES string of the molecule is C[C@@H]1CCCC[C@@]12NC(=O)N(CN(C)Cc1ccccc1N1CCCC1)C2=O. The Balaban J connectivity index is 1.45. The molecule has 6 nitrogen and oxygen atoms in total. The molecule has 1 spiro atoms. The summed E-state index contributed by atoms with van der Waals surface area (Å²) < 4.78 is 0. The Morgan fingerprint density at radius 2 is 1.89 bits per heavy atom. The molecule has 6 heteroatoms. The number of amides is 3. The number of hydrogen-bond donors (Lipinski definition) is 1. The van der Waals surface area contributed by atoms with Crippen LogP contribution in [0.25, 0.3) is 0 Å². The number of carbonyl (C=O) groups is 2. The first-order chi connectivity index (χ1) is 13.5. The van der Waals surface area contributed by atoms with Crippen molar-refractivity contribution in [1.29, 1.82) is 0 Å². The first-order valence-corrected chi connectivity index (χ1v) is 10.7. The van der Waals surface area contributed by atoms with Gasteiger partial charge in [-0.1, -0.05) is 38.0 Å². The minimum atomic E-state index is -0.677. The van der Waals surface area contributed by atoms with E-state index >= 15 is 0 Å². The molecule has 152 valence electrons. The molecule has 4 rings (SSSR count). The standard InChI is InChI=1S/C22H32N4O2/c1-17-9-5-6-12-22(17)20(27)26(21(28)23-22)16-24(2)15-18-10-3-4-11-19(18)25-13-7-8-14-25/h3-4,10-11,17H,5-9,12-16H2,1-2H3,(H,23,28)/t17-,22-/m1/s1. The van der Waals surface area contributed by atoms with Crippen LogP contribution in [-0.2, 0) is 11.3 Å². The average molecular weight is 385 g/mol. The molecule has 0 unspecified atom stereocenters. The average Bonchev–Trinajstić information content (AvgIpc) is 3.29. The zero-order valence-electron chi connectivity index (χ0n) is 17.1. The summed E-state index contributed by atoms with van der Waals surface area (Å²) in [5, 5.41) is 3.05. The number of urea groups is 1. The highest BCUT2D eigenvalue weighted by Crippen LogP contribution is 2.38. The molecule has 3 fully saturated rings. The van der Waals surface area contributed by atoms with Crippen molar-refractivity contribution in [2.45, 2.75) is 57.5 Å². The lowest BCUT2D eigenvalue weighted by Gasteiger charge is -2.37. The Labute approximate surface area is 167 Å². The number of nitrogens with zero attached hydrogens (tertiary/aromatic N) is 3. The zero-order valence-corrected chi connectivity index (χ0v) is 17.1. The molecule has 28 heavy (non-hydrogen) atoms. The van der Waals surface area contributed by atoms with Gasteiger partial charge in [0, 0.05) is 25.3 Å². The topological polar surface area (TPSA) is 55.9 Å². The number of nitrogens with one attached hydrogen (secondary N) is 1. The van der Waals surface area contributed by atoms with Crippen molar-refractivity contribution >= 4 is 17.6 Å². The molecule has 2 heterocycles. The largest absolute Gasteiger partial charge is 0.371 e. The third-order valence-corrected chi connectivity index (χ3v) is 6.76. The third-order valence-electron chi connectivity index (χ3n) is 6.76. The highest BCUT2D eigenvalue weighted by atomic mass is 16.2.